The van der Waals surface area contributed by atoms with Crippen molar-refractivity contribution in [3.8, 4) is 0 Å². The fourth-order valence-corrected chi connectivity index (χ4v) is 1.46. The van der Waals surface area contributed by atoms with Gasteiger partial charge in [0.05, 0.1) is 6.10 Å². The average Bonchev–Trinajstić information content (AvgIpc) is 2.46. The van der Waals surface area contributed by atoms with E-state index < -0.39 is 5.60 Å². The van der Waals surface area contributed by atoms with E-state index in [4.69, 9.17) is 14.2 Å². The summed E-state index contributed by atoms with van der Waals surface area (Å²) in [6.45, 7) is 7.13. The number of ketones is 1. The molecule has 0 fully saturated rings. The Balaban J connectivity index is 3.02. The van der Waals surface area contributed by atoms with E-state index in [0.717, 1.165) is 0 Å². The van der Waals surface area contributed by atoms with Gasteiger partial charge in [0, 0.05) is 0 Å². The second-order valence-corrected chi connectivity index (χ2v) is 4.27. The predicted octanol–water partition coefficient (Wildman–Crippen LogP) is 1.17. The molecule has 0 amide bonds. The van der Waals surface area contributed by atoms with Crippen LogP contribution >= 0.6 is 0 Å². The van der Waals surface area contributed by atoms with Crippen LogP contribution in [-0.2, 0) is 23.8 Å². The lowest BCUT2D eigenvalue weighted by Gasteiger charge is -2.23. The summed E-state index contributed by atoms with van der Waals surface area (Å²) in [5.41, 5.74) is -0.757. The molecule has 1 aliphatic heterocycles. The van der Waals surface area contributed by atoms with Crippen LogP contribution in [0.25, 0.3) is 0 Å². The average molecular weight is 228 g/mol. The van der Waals surface area contributed by atoms with Gasteiger partial charge in [0.2, 0.25) is 5.78 Å². The van der Waals surface area contributed by atoms with E-state index in [2.05, 4.69) is 0 Å². The number of rotatable bonds is 5. The lowest BCUT2D eigenvalue weighted by atomic mass is 9.96. The molecule has 0 saturated heterocycles. The monoisotopic (exact) mass is 228 g/mol. The molecule has 0 spiro atoms. The van der Waals surface area contributed by atoms with Gasteiger partial charge in [-0.3, -0.25) is 9.59 Å². The zero-order chi connectivity index (χ0) is 12.3. The first-order chi connectivity index (χ1) is 7.38. The lowest BCUT2D eigenvalue weighted by Crippen LogP contribution is -2.31. The largest absolute Gasteiger partial charge is 0.462 e. The summed E-state index contributed by atoms with van der Waals surface area (Å²) in [6, 6.07) is 0. The van der Waals surface area contributed by atoms with Gasteiger partial charge in [0.1, 0.15) is 11.2 Å². The van der Waals surface area contributed by atoms with Gasteiger partial charge < -0.3 is 14.2 Å². The third-order valence-electron chi connectivity index (χ3n) is 2.10. The minimum Gasteiger partial charge on any atom is -0.462 e. The first kappa shape index (κ1) is 12.5. The van der Waals surface area contributed by atoms with Crippen LogP contribution in [0.2, 0.25) is 0 Å². The Kier molecular flexibility index (Phi) is 3.57. The number of carbonyl (C=O) groups is 2. The highest BCUT2D eigenvalue weighted by molar-refractivity contribution is 6.00. The molecule has 5 heteroatoms. The maximum Gasteiger partial charge on any atom is 0.293 e. The highest BCUT2D eigenvalue weighted by Crippen LogP contribution is 2.30. The number of carbonyl (C=O) groups excluding carboxylic acids is 2. The van der Waals surface area contributed by atoms with Gasteiger partial charge in [0.25, 0.3) is 12.4 Å². The maximum absolute atomic E-state index is 11.6. The van der Waals surface area contributed by atoms with Gasteiger partial charge >= 0.3 is 0 Å². The van der Waals surface area contributed by atoms with Crippen LogP contribution < -0.4 is 0 Å². The van der Waals surface area contributed by atoms with Gasteiger partial charge in [-0.15, -0.1) is 0 Å². The number of hydrogen-bond acceptors (Lipinski definition) is 5. The van der Waals surface area contributed by atoms with E-state index in [9.17, 15) is 9.59 Å². The highest BCUT2D eigenvalue weighted by atomic mass is 16.7. The summed E-state index contributed by atoms with van der Waals surface area (Å²) >= 11 is 0. The van der Waals surface area contributed by atoms with Crippen LogP contribution in [0.3, 0.4) is 0 Å². The van der Waals surface area contributed by atoms with E-state index in [-0.39, 0.29) is 30.0 Å². The van der Waals surface area contributed by atoms with Crippen molar-refractivity contribution in [3.05, 3.63) is 11.5 Å². The van der Waals surface area contributed by atoms with Crippen molar-refractivity contribution in [1.29, 1.82) is 0 Å². The fourth-order valence-electron chi connectivity index (χ4n) is 1.46. The molecular formula is C11H16O5. The Hall–Kier alpha value is -1.52. The van der Waals surface area contributed by atoms with Crippen molar-refractivity contribution in [3.63, 3.8) is 0 Å². The highest BCUT2D eigenvalue weighted by Gasteiger charge is 2.40. The smallest absolute Gasteiger partial charge is 0.293 e. The molecule has 0 N–H and O–H groups in total. The maximum atomic E-state index is 11.6. The first-order valence-electron chi connectivity index (χ1n) is 5.07. The number of hydrogen-bond donors (Lipinski definition) is 0. The number of ether oxygens (including phenoxy) is 3. The summed E-state index contributed by atoms with van der Waals surface area (Å²) in [7, 11) is 0. The van der Waals surface area contributed by atoms with E-state index in [1.807, 2.05) is 13.8 Å². The second-order valence-electron chi connectivity index (χ2n) is 4.27. The van der Waals surface area contributed by atoms with Gasteiger partial charge in [-0.25, -0.2) is 0 Å². The molecule has 0 atom stereocenters. The zero-order valence-corrected chi connectivity index (χ0v) is 9.90. The van der Waals surface area contributed by atoms with Crippen LogP contribution in [0, 0.1) is 0 Å². The standard InChI is InChI=1S/C11H16O5/c1-7(2)16-10-9(8(13)5-14-10)11(3,4)15-6-12/h6-7H,5H2,1-4H3. The molecule has 1 heterocycles. The zero-order valence-electron chi connectivity index (χ0n) is 9.90. The third-order valence-corrected chi connectivity index (χ3v) is 2.10. The minimum atomic E-state index is -1.03. The van der Waals surface area contributed by atoms with Crippen molar-refractivity contribution in [2.45, 2.75) is 39.4 Å². The fraction of sp³-hybridized carbons (Fsp3) is 0.636. The molecule has 0 aliphatic carbocycles. The number of Topliss-reactive ketones (excluding diaryl/α,β-unsaturated/α-hetero) is 1. The van der Waals surface area contributed by atoms with Crippen LogP contribution in [0.5, 0.6) is 0 Å². The Morgan fingerprint density at radius 1 is 1.44 bits per heavy atom. The van der Waals surface area contributed by atoms with Gasteiger partial charge in [0.15, 0.2) is 6.61 Å². The lowest BCUT2D eigenvalue weighted by molar-refractivity contribution is -0.138. The molecule has 1 aliphatic rings. The molecule has 0 aromatic carbocycles. The normalized spacial score (nSPS) is 16.4. The first-order valence-corrected chi connectivity index (χ1v) is 5.07. The van der Waals surface area contributed by atoms with Crippen molar-refractivity contribution in [2.75, 3.05) is 6.61 Å². The van der Waals surface area contributed by atoms with Crippen molar-refractivity contribution < 1.29 is 23.8 Å². The summed E-state index contributed by atoms with van der Waals surface area (Å²) in [4.78, 5) is 22.0. The molecule has 90 valence electrons. The van der Waals surface area contributed by atoms with Gasteiger partial charge in [-0.1, -0.05) is 0 Å². The molecule has 0 aromatic rings. The van der Waals surface area contributed by atoms with Crippen LogP contribution in [0.4, 0.5) is 0 Å². The second kappa shape index (κ2) is 4.55. The van der Waals surface area contributed by atoms with E-state index >= 15 is 0 Å². The van der Waals surface area contributed by atoms with Gasteiger partial charge in [-0.2, -0.15) is 0 Å². The molecule has 5 nitrogen and oxygen atoms in total. The SMILES string of the molecule is CC(C)OC1=C(C(C)(C)OC=O)C(=O)CO1. The topological polar surface area (TPSA) is 61.8 Å². The molecule has 0 bridgehead atoms. The molecule has 0 radical (unpaired) electrons. The Labute approximate surface area is 94.4 Å². The summed E-state index contributed by atoms with van der Waals surface area (Å²) in [5.74, 6) is -0.0608. The van der Waals surface area contributed by atoms with Crippen LogP contribution in [-0.4, -0.2) is 30.6 Å². The van der Waals surface area contributed by atoms with Crippen molar-refractivity contribution >= 4 is 12.3 Å². The van der Waals surface area contributed by atoms with Crippen LogP contribution in [0.15, 0.2) is 11.5 Å². The van der Waals surface area contributed by atoms with Crippen LogP contribution in [0.1, 0.15) is 27.7 Å². The molecule has 1 rings (SSSR count). The molecule has 0 aromatic heterocycles. The molecule has 0 saturated carbocycles. The summed E-state index contributed by atoms with van der Waals surface area (Å²) in [5, 5.41) is 0. The third kappa shape index (κ3) is 2.53. The summed E-state index contributed by atoms with van der Waals surface area (Å²) < 4.78 is 15.4. The molecule has 0 unspecified atom stereocenters. The van der Waals surface area contributed by atoms with Crippen molar-refractivity contribution in [1.82, 2.24) is 0 Å². The molecule has 16 heavy (non-hydrogen) atoms. The summed E-state index contributed by atoms with van der Waals surface area (Å²) in [6.07, 6.45) is -0.108. The van der Waals surface area contributed by atoms with Crippen molar-refractivity contribution in [2.24, 2.45) is 0 Å². The quantitative estimate of drug-likeness (QED) is 0.661. The van der Waals surface area contributed by atoms with Gasteiger partial charge in [-0.05, 0) is 27.7 Å². The minimum absolute atomic E-state index is 0.0664. The Morgan fingerprint density at radius 2 is 2.06 bits per heavy atom. The Morgan fingerprint density at radius 3 is 2.56 bits per heavy atom. The molecular weight excluding hydrogens is 212 g/mol. The Bertz CT molecular complexity index is 327. The van der Waals surface area contributed by atoms with E-state index in [1.54, 1.807) is 13.8 Å². The van der Waals surface area contributed by atoms with E-state index in [0.29, 0.717) is 6.47 Å². The predicted molar refractivity (Wildman–Crippen MR) is 55.4 cm³/mol. The van der Waals surface area contributed by atoms with E-state index in [1.165, 1.54) is 0 Å².